The summed E-state index contributed by atoms with van der Waals surface area (Å²) in [6.07, 6.45) is 1.69. The van der Waals surface area contributed by atoms with E-state index >= 15 is 0 Å². The molecule has 1 atom stereocenters. The molecule has 0 bridgehead atoms. The Kier molecular flexibility index (Phi) is 5.42. The number of carbonyl (C=O) groups is 1. The summed E-state index contributed by atoms with van der Waals surface area (Å²) in [5.74, 6) is 1.42. The van der Waals surface area contributed by atoms with Crippen molar-refractivity contribution in [3.05, 3.63) is 23.8 Å². The molecule has 23 heavy (non-hydrogen) atoms. The Morgan fingerprint density at radius 1 is 1.26 bits per heavy atom. The second kappa shape index (κ2) is 6.97. The molecule has 5 nitrogen and oxygen atoms in total. The van der Waals surface area contributed by atoms with Crippen LogP contribution in [0.25, 0.3) is 0 Å². The fourth-order valence-electron chi connectivity index (χ4n) is 3.03. The van der Waals surface area contributed by atoms with Crippen molar-refractivity contribution in [3.63, 3.8) is 0 Å². The van der Waals surface area contributed by atoms with E-state index in [1.807, 2.05) is 17.0 Å². The number of nitrogens with zero attached hydrogens (tertiary/aromatic N) is 1. The zero-order valence-corrected chi connectivity index (χ0v) is 14.5. The summed E-state index contributed by atoms with van der Waals surface area (Å²) in [6, 6.07) is 5.58. The van der Waals surface area contributed by atoms with Crippen LogP contribution in [0.1, 0.15) is 37.0 Å². The molecular weight excluding hydrogens is 316 g/mol. The van der Waals surface area contributed by atoms with Crippen LogP contribution in [-0.4, -0.2) is 43.2 Å². The molecule has 1 saturated heterocycles. The summed E-state index contributed by atoms with van der Waals surface area (Å²) in [5, 5.41) is 0. The van der Waals surface area contributed by atoms with E-state index in [9.17, 15) is 4.79 Å². The number of nitrogens with two attached hydrogens (primary N) is 1. The summed E-state index contributed by atoms with van der Waals surface area (Å²) >= 11 is 0. The first-order valence-corrected chi connectivity index (χ1v) is 7.92. The van der Waals surface area contributed by atoms with Gasteiger partial charge in [-0.1, -0.05) is 13.8 Å². The Morgan fingerprint density at radius 3 is 2.65 bits per heavy atom. The van der Waals surface area contributed by atoms with Crippen LogP contribution in [0.3, 0.4) is 0 Å². The first kappa shape index (κ1) is 17.9. The highest BCUT2D eigenvalue weighted by Gasteiger charge is 2.35. The monoisotopic (exact) mass is 340 g/mol. The summed E-state index contributed by atoms with van der Waals surface area (Å²) in [5.41, 5.74) is 6.74. The van der Waals surface area contributed by atoms with Gasteiger partial charge < -0.3 is 20.1 Å². The number of ether oxygens (including phenoxy) is 2. The molecule has 0 radical (unpaired) electrons. The number of benzene rings is 1. The van der Waals surface area contributed by atoms with Gasteiger partial charge in [0.2, 0.25) is 0 Å². The van der Waals surface area contributed by atoms with Crippen molar-refractivity contribution in [3.8, 4) is 11.5 Å². The quantitative estimate of drug-likeness (QED) is 0.853. The molecule has 2 aliphatic heterocycles. The zero-order valence-electron chi connectivity index (χ0n) is 13.7. The highest BCUT2D eigenvalue weighted by Crippen LogP contribution is 2.32. The average Bonchev–Trinajstić information content (AvgIpc) is 2.73. The van der Waals surface area contributed by atoms with Crippen molar-refractivity contribution in [2.75, 3.05) is 26.3 Å². The Labute approximate surface area is 143 Å². The van der Waals surface area contributed by atoms with Crippen molar-refractivity contribution in [2.24, 2.45) is 11.1 Å². The summed E-state index contributed by atoms with van der Waals surface area (Å²) in [4.78, 5) is 14.6. The first-order valence-electron chi connectivity index (χ1n) is 7.92. The highest BCUT2D eigenvalue weighted by atomic mass is 35.5. The molecule has 1 aromatic carbocycles. The summed E-state index contributed by atoms with van der Waals surface area (Å²) in [7, 11) is 0. The molecule has 0 aromatic heterocycles. The summed E-state index contributed by atoms with van der Waals surface area (Å²) in [6.45, 7) is 6.89. The van der Waals surface area contributed by atoms with Crippen LogP contribution in [0, 0.1) is 5.41 Å². The minimum Gasteiger partial charge on any atom is -0.490 e. The average molecular weight is 341 g/mol. The van der Waals surface area contributed by atoms with Crippen LogP contribution < -0.4 is 15.2 Å². The molecular formula is C17H25ClN2O3. The van der Waals surface area contributed by atoms with E-state index < -0.39 is 0 Å². The van der Waals surface area contributed by atoms with Crippen LogP contribution in [0.4, 0.5) is 0 Å². The normalized spacial score (nSPS) is 22.7. The molecule has 1 amide bonds. The lowest BCUT2D eigenvalue weighted by atomic mass is 9.79. The second-order valence-corrected chi connectivity index (χ2v) is 6.82. The maximum Gasteiger partial charge on any atom is 0.254 e. The fraction of sp³-hybridized carbons (Fsp3) is 0.588. The molecule has 128 valence electrons. The van der Waals surface area contributed by atoms with Gasteiger partial charge in [-0.25, -0.2) is 0 Å². The van der Waals surface area contributed by atoms with E-state index in [4.69, 9.17) is 15.2 Å². The number of hydrogen-bond acceptors (Lipinski definition) is 4. The Bertz CT molecular complexity index is 577. The Balaban J connectivity index is 0.00000192. The number of fused-ring (bicyclic) bond motifs is 1. The molecule has 2 heterocycles. The third-order valence-corrected chi connectivity index (χ3v) is 4.59. The van der Waals surface area contributed by atoms with Crippen molar-refractivity contribution in [2.45, 2.75) is 32.7 Å². The van der Waals surface area contributed by atoms with Crippen LogP contribution in [0.2, 0.25) is 0 Å². The molecule has 1 aromatic rings. The van der Waals surface area contributed by atoms with Gasteiger partial charge in [-0.15, -0.1) is 12.4 Å². The van der Waals surface area contributed by atoms with Crippen molar-refractivity contribution in [1.82, 2.24) is 4.90 Å². The third kappa shape index (κ3) is 3.72. The molecule has 1 fully saturated rings. The largest absolute Gasteiger partial charge is 0.490 e. The first-order chi connectivity index (χ1) is 10.5. The second-order valence-electron chi connectivity index (χ2n) is 6.82. The molecule has 0 spiro atoms. The number of hydrogen-bond donors (Lipinski definition) is 1. The van der Waals surface area contributed by atoms with Gasteiger partial charge in [0.05, 0.1) is 13.2 Å². The minimum atomic E-state index is -0.0563. The predicted octanol–water partition coefficient (Wildman–Crippen LogP) is 2.47. The third-order valence-electron chi connectivity index (χ3n) is 4.59. The van der Waals surface area contributed by atoms with E-state index in [1.54, 1.807) is 6.07 Å². The van der Waals surface area contributed by atoms with E-state index in [-0.39, 0.29) is 29.8 Å². The summed E-state index contributed by atoms with van der Waals surface area (Å²) < 4.78 is 11.3. The van der Waals surface area contributed by atoms with Crippen molar-refractivity contribution < 1.29 is 14.3 Å². The lowest BCUT2D eigenvalue weighted by Crippen LogP contribution is -2.53. The van der Waals surface area contributed by atoms with Crippen LogP contribution in [0.15, 0.2) is 18.2 Å². The molecule has 3 rings (SSSR count). The lowest BCUT2D eigenvalue weighted by Gasteiger charge is -2.42. The number of halogens is 1. The van der Waals surface area contributed by atoms with Gasteiger partial charge >= 0.3 is 0 Å². The maximum absolute atomic E-state index is 12.8. The SMILES string of the molecule is CC1(C)CN(C(=O)c2ccc3c(c2)OCCCO3)CCC1N.Cl. The molecule has 0 aliphatic carbocycles. The standard InChI is InChI=1S/C17H24N2O3.ClH/c1-17(2)11-19(7-6-15(17)18)16(20)12-4-5-13-14(10-12)22-9-3-8-21-13;/h4-5,10,15H,3,6-9,11,18H2,1-2H3;1H. The number of rotatable bonds is 1. The number of piperidine rings is 1. The topological polar surface area (TPSA) is 64.8 Å². The van der Waals surface area contributed by atoms with Crippen LogP contribution >= 0.6 is 12.4 Å². The van der Waals surface area contributed by atoms with Gasteiger partial charge in [0.1, 0.15) is 0 Å². The number of likely N-dealkylation sites (tertiary alicyclic amines) is 1. The highest BCUT2D eigenvalue weighted by molar-refractivity contribution is 5.95. The smallest absolute Gasteiger partial charge is 0.254 e. The predicted molar refractivity (Wildman–Crippen MR) is 91.6 cm³/mol. The lowest BCUT2D eigenvalue weighted by molar-refractivity contribution is 0.0532. The minimum absolute atomic E-state index is 0. The van der Waals surface area contributed by atoms with Gasteiger partial charge in [0, 0.05) is 31.1 Å². The molecule has 0 saturated carbocycles. The van der Waals surface area contributed by atoms with Gasteiger partial charge in [-0.2, -0.15) is 0 Å². The molecule has 1 unspecified atom stereocenters. The molecule has 6 heteroatoms. The zero-order chi connectivity index (χ0) is 15.7. The number of amides is 1. The van der Waals surface area contributed by atoms with Crippen molar-refractivity contribution >= 4 is 18.3 Å². The number of carbonyl (C=O) groups excluding carboxylic acids is 1. The van der Waals surface area contributed by atoms with E-state index in [2.05, 4.69) is 13.8 Å². The van der Waals surface area contributed by atoms with Crippen LogP contribution in [0.5, 0.6) is 11.5 Å². The van der Waals surface area contributed by atoms with Gasteiger partial charge in [0.25, 0.3) is 5.91 Å². The van der Waals surface area contributed by atoms with Gasteiger partial charge in [0.15, 0.2) is 11.5 Å². The van der Waals surface area contributed by atoms with Gasteiger partial charge in [-0.05, 0) is 30.0 Å². The van der Waals surface area contributed by atoms with E-state index in [1.165, 1.54) is 0 Å². The molecule has 2 aliphatic rings. The Hall–Kier alpha value is -1.46. The van der Waals surface area contributed by atoms with Gasteiger partial charge in [-0.3, -0.25) is 4.79 Å². The molecule has 2 N–H and O–H groups in total. The fourth-order valence-corrected chi connectivity index (χ4v) is 3.03. The van der Waals surface area contributed by atoms with E-state index in [0.717, 1.165) is 18.6 Å². The Morgan fingerprint density at radius 2 is 1.96 bits per heavy atom. The maximum atomic E-state index is 12.8. The van der Waals surface area contributed by atoms with Crippen molar-refractivity contribution in [1.29, 1.82) is 0 Å². The van der Waals surface area contributed by atoms with Crippen LogP contribution in [-0.2, 0) is 0 Å². The van der Waals surface area contributed by atoms with E-state index in [0.29, 0.717) is 37.6 Å².